The molecule has 1 nitrogen and oxygen atoms in total. The van der Waals surface area contributed by atoms with Crippen molar-refractivity contribution in [3.8, 4) is 5.75 Å². The summed E-state index contributed by atoms with van der Waals surface area (Å²) in [5, 5.41) is 0. The molecule has 1 rings (SSSR count). The van der Waals surface area contributed by atoms with Gasteiger partial charge >= 0.3 is 34.7 Å². The molecule has 1 aromatic rings. The van der Waals surface area contributed by atoms with Gasteiger partial charge in [-0.1, -0.05) is 18.2 Å². The first-order valence-electron chi connectivity index (χ1n) is 2.79. The van der Waals surface area contributed by atoms with Crippen LogP contribution in [0.1, 0.15) is 0 Å². The summed E-state index contributed by atoms with van der Waals surface area (Å²) in [4.78, 5) is 0. The maximum absolute atomic E-state index is 4.91. The van der Waals surface area contributed by atoms with Gasteiger partial charge in [-0.3, -0.25) is 0 Å². The minimum absolute atomic E-state index is 0.639. The fourth-order valence-corrected chi connectivity index (χ4v) is 0.557. The molecular weight excluding hydrogens is 361 g/mol. The van der Waals surface area contributed by atoms with Gasteiger partial charge in [0.25, 0.3) is 0 Å². The van der Waals surface area contributed by atoms with Crippen LogP contribution in [0.4, 0.5) is 0 Å². The van der Waals surface area contributed by atoms with Crippen LogP contribution in [0.15, 0.2) is 30.3 Å². The Kier molecular flexibility index (Phi) is 8.51. The average Bonchev–Trinajstić information content (AvgIpc) is 2.08. The van der Waals surface area contributed by atoms with Crippen molar-refractivity contribution >= 4 is 19.3 Å². The van der Waals surface area contributed by atoms with E-state index in [0.717, 1.165) is 5.75 Å². The van der Waals surface area contributed by atoms with Crippen LogP contribution in [0.25, 0.3) is 0 Å². The third kappa shape index (κ3) is 6.63. The summed E-state index contributed by atoms with van der Waals surface area (Å²) >= 11 is -0.639. The van der Waals surface area contributed by atoms with Crippen LogP contribution < -0.4 is 4.74 Å². The summed E-state index contributed by atoms with van der Waals surface area (Å²) in [7, 11) is 11.5. The van der Waals surface area contributed by atoms with Gasteiger partial charge in [0, 0.05) is 0 Å². The fourth-order valence-electron chi connectivity index (χ4n) is 0.557. The van der Waals surface area contributed by atoms with E-state index < -0.39 is 15.4 Å². The van der Waals surface area contributed by atoms with E-state index in [0.29, 0.717) is 0 Å². The minimum atomic E-state index is -0.639. The maximum atomic E-state index is 4.91. The molecule has 0 aliphatic heterocycles. The van der Waals surface area contributed by atoms with Crippen LogP contribution in [0.2, 0.25) is 0 Å². The summed E-state index contributed by atoms with van der Waals surface area (Å²) in [6.07, 6.45) is 0. The number of halogens is 2. The molecule has 0 saturated heterocycles. The molecule has 11 heavy (non-hydrogen) atoms. The summed E-state index contributed by atoms with van der Waals surface area (Å²) in [6.45, 7) is 0. The van der Waals surface area contributed by atoms with Gasteiger partial charge in [0.15, 0.2) is 0 Å². The van der Waals surface area contributed by atoms with Crippen LogP contribution >= 0.6 is 19.3 Å². The third-order valence-electron chi connectivity index (χ3n) is 0.979. The molecule has 0 fully saturated rings. The van der Waals surface area contributed by atoms with Crippen LogP contribution in [0.5, 0.6) is 5.75 Å². The second-order valence-corrected chi connectivity index (χ2v) is 5.24. The van der Waals surface area contributed by atoms with Gasteiger partial charge < -0.3 is 4.74 Å². The van der Waals surface area contributed by atoms with Gasteiger partial charge in [-0.2, -0.15) is 0 Å². The van der Waals surface area contributed by atoms with Gasteiger partial charge in [0.05, 0.1) is 7.11 Å². The number of methoxy groups -OCH3 is 1. The molecular formula is C7H8Cl2OOs. The molecule has 0 heterocycles. The van der Waals surface area contributed by atoms with E-state index in [1.165, 1.54) is 0 Å². The Morgan fingerprint density at radius 2 is 1.64 bits per heavy atom. The standard InChI is InChI=1S/C7H8O.2ClH.Os/c1-8-7-5-3-2-4-6-7;;;/h2-6H,1H3;2*1H;/q;;;+2/p-2. The Labute approximate surface area is 82.5 Å². The van der Waals surface area contributed by atoms with Crippen molar-refractivity contribution in [2.24, 2.45) is 0 Å². The molecule has 1 aromatic carbocycles. The van der Waals surface area contributed by atoms with Crippen LogP contribution in [-0.4, -0.2) is 7.11 Å². The number of rotatable bonds is 1. The van der Waals surface area contributed by atoms with E-state index in [1.54, 1.807) is 7.11 Å². The number of hydrogen-bond donors (Lipinski definition) is 0. The van der Waals surface area contributed by atoms with Gasteiger partial charge in [-0.05, 0) is 12.1 Å². The second-order valence-electron chi connectivity index (χ2n) is 1.57. The number of benzene rings is 1. The predicted octanol–water partition coefficient (Wildman–Crippen LogP) is 3.07. The third-order valence-corrected chi connectivity index (χ3v) is 0.979. The Hall–Kier alpha value is 0.236. The van der Waals surface area contributed by atoms with E-state index in [-0.39, 0.29) is 0 Å². The van der Waals surface area contributed by atoms with Gasteiger partial charge in [-0.15, -0.1) is 0 Å². The van der Waals surface area contributed by atoms with Crippen LogP contribution in [0.3, 0.4) is 0 Å². The Balaban J connectivity index is 0.000000292. The quantitative estimate of drug-likeness (QED) is 0.740. The van der Waals surface area contributed by atoms with Crippen LogP contribution in [0, 0.1) is 0 Å². The Bertz CT molecular complexity index is 169. The molecule has 0 aliphatic carbocycles. The van der Waals surface area contributed by atoms with E-state index >= 15 is 0 Å². The molecule has 0 spiro atoms. The average molecular weight is 369 g/mol. The van der Waals surface area contributed by atoms with Crippen molar-refractivity contribution in [3.63, 3.8) is 0 Å². The molecule has 0 bridgehead atoms. The number of hydrogen-bond acceptors (Lipinski definition) is 1. The van der Waals surface area contributed by atoms with E-state index in [1.807, 2.05) is 30.3 Å². The zero-order chi connectivity index (χ0) is 8.53. The summed E-state index contributed by atoms with van der Waals surface area (Å²) in [5.41, 5.74) is 0. The first-order chi connectivity index (χ1) is 5.35. The van der Waals surface area contributed by atoms with E-state index in [9.17, 15) is 0 Å². The molecule has 0 amide bonds. The molecule has 0 aromatic heterocycles. The predicted molar refractivity (Wildman–Crippen MR) is 44.7 cm³/mol. The van der Waals surface area contributed by atoms with Gasteiger partial charge in [-0.25, -0.2) is 0 Å². The summed E-state index contributed by atoms with van der Waals surface area (Å²) in [6, 6.07) is 9.68. The molecule has 64 valence electrons. The summed E-state index contributed by atoms with van der Waals surface area (Å²) < 4.78 is 4.91. The second kappa shape index (κ2) is 8.33. The summed E-state index contributed by atoms with van der Waals surface area (Å²) in [5.74, 6) is 0.910. The number of ether oxygens (including phenoxy) is 1. The number of para-hydroxylation sites is 1. The first-order valence-corrected chi connectivity index (χ1v) is 9.09. The molecule has 0 saturated carbocycles. The zero-order valence-electron chi connectivity index (χ0n) is 5.90. The SMILES string of the molecule is COc1ccccc1.[Cl][Os][Cl]. The molecule has 0 radical (unpaired) electrons. The van der Waals surface area contributed by atoms with Crippen molar-refractivity contribution in [2.75, 3.05) is 7.11 Å². The Morgan fingerprint density at radius 1 is 1.18 bits per heavy atom. The van der Waals surface area contributed by atoms with Crippen LogP contribution in [-0.2, 0) is 15.4 Å². The van der Waals surface area contributed by atoms with Gasteiger partial charge in [0.1, 0.15) is 5.75 Å². The first kappa shape index (κ1) is 11.2. The van der Waals surface area contributed by atoms with E-state index in [2.05, 4.69) is 0 Å². The molecule has 0 N–H and O–H groups in total. The van der Waals surface area contributed by atoms with Crippen molar-refractivity contribution in [1.29, 1.82) is 0 Å². The van der Waals surface area contributed by atoms with Crippen molar-refractivity contribution < 1.29 is 20.1 Å². The molecule has 4 heteroatoms. The molecule has 0 unspecified atom stereocenters. The normalized spacial score (nSPS) is 8.27. The molecule has 0 atom stereocenters. The zero-order valence-corrected chi connectivity index (χ0v) is 9.96. The monoisotopic (exact) mass is 370 g/mol. The molecule has 0 aliphatic rings. The van der Waals surface area contributed by atoms with Crippen molar-refractivity contribution in [1.82, 2.24) is 0 Å². The topological polar surface area (TPSA) is 9.23 Å². The van der Waals surface area contributed by atoms with Crippen molar-refractivity contribution in [3.05, 3.63) is 30.3 Å². The van der Waals surface area contributed by atoms with E-state index in [4.69, 9.17) is 24.0 Å². The Morgan fingerprint density at radius 3 is 1.91 bits per heavy atom. The fraction of sp³-hybridized carbons (Fsp3) is 0.143. The van der Waals surface area contributed by atoms with Gasteiger partial charge in [0.2, 0.25) is 0 Å². The van der Waals surface area contributed by atoms with Crippen molar-refractivity contribution in [2.45, 2.75) is 0 Å².